The van der Waals surface area contributed by atoms with Gasteiger partial charge in [0.2, 0.25) is 0 Å². The standard InChI is InChI=1S/C23H20FNO4/c24-17-6-3-15(4-7-17)19-9-10-21(29-19)23(26)25-11-1-2-18(25)16-5-8-20-22(14-16)28-13-12-27-20/h3-10,14,18H,1-2,11-13H2/t18-/m1/s1. The van der Waals surface area contributed by atoms with Crippen LogP contribution in [-0.4, -0.2) is 30.6 Å². The van der Waals surface area contributed by atoms with Gasteiger partial charge in [-0.25, -0.2) is 4.39 Å². The van der Waals surface area contributed by atoms with Crippen molar-refractivity contribution in [2.75, 3.05) is 19.8 Å². The number of halogens is 1. The van der Waals surface area contributed by atoms with Gasteiger partial charge in [-0.15, -0.1) is 0 Å². The summed E-state index contributed by atoms with van der Waals surface area (Å²) in [6.45, 7) is 1.75. The second-order valence-electron chi connectivity index (χ2n) is 7.23. The van der Waals surface area contributed by atoms with Crippen LogP contribution in [-0.2, 0) is 0 Å². The summed E-state index contributed by atoms with van der Waals surface area (Å²) in [7, 11) is 0. The summed E-state index contributed by atoms with van der Waals surface area (Å²) in [4.78, 5) is 15.0. The molecule has 3 aromatic rings. The highest BCUT2D eigenvalue weighted by molar-refractivity contribution is 5.92. The van der Waals surface area contributed by atoms with Crippen LogP contribution in [0.5, 0.6) is 11.5 Å². The zero-order chi connectivity index (χ0) is 19.8. The number of rotatable bonds is 3. The molecule has 29 heavy (non-hydrogen) atoms. The van der Waals surface area contributed by atoms with E-state index in [1.807, 2.05) is 23.1 Å². The van der Waals surface area contributed by atoms with Crippen LogP contribution in [0, 0.1) is 5.82 Å². The van der Waals surface area contributed by atoms with Crippen LogP contribution >= 0.6 is 0 Å². The summed E-state index contributed by atoms with van der Waals surface area (Å²) in [5.74, 6) is 1.85. The number of carbonyl (C=O) groups excluding carboxylic acids is 1. The number of fused-ring (bicyclic) bond motifs is 1. The third kappa shape index (κ3) is 3.35. The Morgan fingerprint density at radius 1 is 0.966 bits per heavy atom. The lowest BCUT2D eigenvalue weighted by atomic mass is 10.0. The van der Waals surface area contributed by atoms with Gasteiger partial charge in [-0.1, -0.05) is 6.07 Å². The van der Waals surface area contributed by atoms with E-state index >= 15 is 0 Å². The van der Waals surface area contributed by atoms with Crippen molar-refractivity contribution in [3.8, 4) is 22.8 Å². The molecule has 0 bridgehead atoms. The molecule has 5 rings (SSSR count). The van der Waals surface area contributed by atoms with E-state index in [1.54, 1.807) is 24.3 Å². The first-order valence-electron chi connectivity index (χ1n) is 9.75. The first-order chi connectivity index (χ1) is 14.2. The lowest BCUT2D eigenvalue weighted by Gasteiger charge is -2.26. The average molecular weight is 393 g/mol. The molecule has 1 fully saturated rings. The Labute approximate surface area is 167 Å². The maximum Gasteiger partial charge on any atom is 0.290 e. The molecule has 2 aromatic carbocycles. The van der Waals surface area contributed by atoms with Crippen LogP contribution in [0.25, 0.3) is 11.3 Å². The van der Waals surface area contributed by atoms with Gasteiger partial charge in [0, 0.05) is 12.1 Å². The van der Waals surface area contributed by atoms with E-state index in [0.29, 0.717) is 25.5 Å². The van der Waals surface area contributed by atoms with E-state index in [-0.39, 0.29) is 23.5 Å². The number of carbonyl (C=O) groups is 1. The minimum Gasteiger partial charge on any atom is -0.486 e. The van der Waals surface area contributed by atoms with Crippen LogP contribution in [0.1, 0.15) is 35.0 Å². The molecular formula is C23H20FNO4. The van der Waals surface area contributed by atoms with Gasteiger partial charge in [-0.2, -0.15) is 0 Å². The van der Waals surface area contributed by atoms with Crippen LogP contribution in [0.3, 0.4) is 0 Å². The van der Waals surface area contributed by atoms with Gasteiger partial charge in [0.05, 0.1) is 6.04 Å². The second-order valence-corrected chi connectivity index (χ2v) is 7.23. The number of furan rings is 1. The van der Waals surface area contributed by atoms with Crippen molar-refractivity contribution < 1.29 is 23.1 Å². The maximum absolute atomic E-state index is 13.1. The third-order valence-electron chi connectivity index (χ3n) is 5.41. The Morgan fingerprint density at radius 3 is 2.59 bits per heavy atom. The molecule has 2 aliphatic rings. The molecule has 1 aromatic heterocycles. The first kappa shape index (κ1) is 17.8. The first-order valence-corrected chi connectivity index (χ1v) is 9.75. The number of nitrogens with zero attached hydrogens (tertiary/aromatic N) is 1. The molecule has 0 radical (unpaired) electrons. The highest BCUT2D eigenvalue weighted by atomic mass is 19.1. The smallest absolute Gasteiger partial charge is 0.290 e. The highest BCUT2D eigenvalue weighted by Crippen LogP contribution is 2.39. The zero-order valence-electron chi connectivity index (χ0n) is 15.8. The van der Waals surface area contributed by atoms with Crippen LogP contribution in [0.15, 0.2) is 59.0 Å². The van der Waals surface area contributed by atoms with Crippen molar-refractivity contribution >= 4 is 5.91 Å². The number of likely N-dealkylation sites (tertiary alicyclic amines) is 1. The molecule has 1 saturated heterocycles. The number of hydrogen-bond acceptors (Lipinski definition) is 4. The highest BCUT2D eigenvalue weighted by Gasteiger charge is 2.33. The number of hydrogen-bond donors (Lipinski definition) is 0. The summed E-state index contributed by atoms with van der Waals surface area (Å²) in [5, 5.41) is 0. The molecule has 0 N–H and O–H groups in total. The van der Waals surface area contributed by atoms with Gasteiger partial charge >= 0.3 is 0 Å². The number of benzene rings is 2. The van der Waals surface area contributed by atoms with Crippen LogP contribution < -0.4 is 9.47 Å². The van der Waals surface area contributed by atoms with Crippen molar-refractivity contribution in [3.63, 3.8) is 0 Å². The lowest BCUT2D eigenvalue weighted by molar-refractivity contribution is 0.0703. The molecular weight excluding hydrogens is 373 g/mol. The fourth-order valence-corrected chi connectivity index (χ4v) is 3.99. The molecule has 0 saturated carbocycles. The molecule has 148 valence electrons. The van der Waals surface area contributed by atoms with Crippen molar-refractivity contribution in [2.24, 2.45) is 0 Å². The van der Waals surface area contributed by atoms with Crippen molar-refractivity contribution in [3.05, 3.63) is 71.7 Å². The van der Waals surface area contributed by atoms with Gasteiger partial charge in [0.15, 0.2) is 17.3 Å². The fraction of sp³-hybridized carbons (Fsp3) is 0.261. The monoisotopic (exact) mass is 393 g/mol. The largest absolute Gasteiger partial charge is 0.486 e. The van der Waals surface area contributed by atoms with Crippen molar-refractivity contribution in [2.45, 2.75) is 18.9 Å². The lowest BCUT2D eigenvalue weighted by Crippen LogP contribution is -2.30. The predicted octanol–water partition coefficient (Wildman–Crippen LogP) is 4.83. The Morgan fingerprint density at radius 2 is 1.76 bits per heavy atom. The Kier molecular flexibility index (Phi) is 4.46. The van der Waals surface area contributed by atoms with Gasteiger partial charge in [0.1, 0.15) is 24.8 Å². The third-order valence-corrected chi connectivity index (χ3v) is 5.41. The van der Waals surface area contributed by atoms with Gasteiger partial charge in [-0.3, -0.25) is 4.79 Å². The fourth-order valence-electron chi connectivity index (χ4n) is 3.99. The van der Waals surface area contributed by atoms with E-state index in [0.717, 1.165) is 35.5 Å². The van der Waals surface area contributed by atoms with Gasteiger partial charge in [-0.05, 0) is 66.9 Å². The van der Waals surface area contributed by atoms with Crippen molar-refractivity contribution in [1.29, 1.82) is 0 Å². The predicted molar refractivity (Wildman–Crippen MR) is 105 cm³/mol. The molecule has 0 aliphatic carbocycles. The molecule has 5 nitrogen and oxygen atoms in total. The Bertz CT molecular complexity index is 1040. The van der Waals surface area contributed by atoms with Crippen LogP contribution in [0.4, 0.5) is 4.39 Å². The zero-order valence-corrected chi connectivity index (χ0v) is 15.8. The van der Waals surface area contributed by atoms with Crippen molar-refractivity contribution in [1.82, 2.24) is 4.90 Å². The molecule has 0 spiro atoms. The normalized spacial score (nSPS) is 18.1. The van der Waals surface area contributed by atoms with Gasteiger partial charge in [0.25, 0.3) is 5.91 Å². The van der Waals surface area contributed by atoms with E-state index in [4.69, 9.17) is 13.9 Å². The summed E-state index contributed by atoms with van der Waals surface area (Å²) in [6, 6.07) is 15.3. The van der Waals surface area contributed by atoms with E-state index < -0.39 is 0 Å². The van der Waals surface area contributed by atoms with E-state index in [9.17, 15) is 9.18 Å². The summed E-state index contributed by atoms with van der Waals surface area (Å²) in [6.07, 6.45) is 1.81. The molecule has 3 heterocycles. The minimum absolute atomic E-state index is 0.0299. The van der Waals surface area contributed by atoms with Crippen LogP contribution in [0.2, 0.25) is 0 Å². The molecule has 1 atom stereocenters. The minimum atomic E-state index is -0.309. The number of amides is 1. The molecule has 6 heteroatoms. The topological polar surface area (TPSA) is 51.9 Å². The quantitative estimate of drug-likeness (QED) is 0.639. The summed E-state index contributed by atoms with van der Waals surface area (Å²) in [5.41, 5.74) is 1.76. The summed E-state index contributed by atoms with van der Waals surface area (Å²) < 4.78 is 30.2. The Balaban J connectivity index is 1.39. The SMILES string of the molecule is O=C(c1ccc(-c2ccc(F)cc2)o1)N1CCC[C@@H]1c1ccc2c(c1)OCCO2. The molecule has 2 aliphatic heterocycles. The summed E-state index contributed by atoms with van der Waals surface area (Å²) >= 11 is 0. The molecule has 0 unspecified atom stereocenters. The van der Waals surface area contributed by atoms with E-state index in [2.05, 4.69) is 0 Å². The second kappa shape index (κ2) is 7.28. The maximum atomic E-state index is 13.1. The van der Waals surface area contributed by atoms with E-state index in [1.165, 1.54) is 12.1 Å². The van der Waals surface area contributed by atoms with Gasteiger partial charge < -0.3 is 18.8 Å². The Hall–Kier alpha value is -3.28. The molecule has 1 amide bonds. The number of ether oxygens (including phenoxy) is 2. The average Bonchev–Trinajstić information content (AvgIpc) is 3.44.